The fourth-order valence-corrected chi connectivity index (χ4v) is 3.03. The molecule has 1 aromatic carbocycles. The summed E-state index contributed by atoms with van der Waals surface area (Å²) >= 11 is 0. The lowest BCUT2D eigenvalue weighted by Crippen LogP contribution is -2.50. The fourth-order valence-electron chi connectivity index (χ4n) is 3.03. The third-order valence-electron chi connectivity index (χ3n) is 3.95. The lowest BCUT2D eigenvalue weighted by molar-refractivity contribution is 0.341. The number of hydrogen-bond acceptors (Lipinski definition) is 3. The van der Waals surface area contributed by atoms with Crippen LogP contribution in [-0.2, 0) is 0 Å². The first-order chi connectivity index (χ1) is 8.66. The maximum atomic E-state index is 5.80. The zero-order valence-electron chi connectivity index (χ0n) is 11.0. The molecule has 2 heterocycles. The van der Waals surface area contributed by atoms with Gasteiger partial charge in [0.15, 0.2) is 0 Å². The van der Waals surface area contributed by atoms with E-state index < -0.39 is 0 Å². The molecule has 1 aromatic heterocycles. The second-order valence-electron chi connectivity index (χ2n) is 5.35. The molecular formula is C14H20N4. The second-order valence-corrected chi connectivity index (χ2v) is 5.35. The van der Waals surface area contributed by atoms with Crippen LogP contribution in [0.25, 0.3) is 11.0 Å². The van der Waals surface area contributed by atoms with Crippen LogP contribution in [0.2, 0.25) is 0 Å². The molecule has 0 spiro atoms. The Bertz CT molecular complexity index is 550. The van der Waals surface area contributed by atoms with E-state index in [4.69, 9.17) is 5.73 Å². The van der Waals surface area contributed by atoms with Crippen molar-refractivity contribution in [2.24, 2.45) is 0 Å². The van der Waals surface area contributed by atoms with E-state index in [-0.39, 0.29) is 0 Å². The summed E-state index contributed by atoms with van der Waals surface area (Å²) in [4.78, 5) is 4.46. The number of benzene rings is 1. The van der Waals surface area contributed by atoms with Crippen LogP contribution in [0.15, 0.2) is 24.5 Å². The standard InChI is InChI=1S/C14H20N4/c1-10-4-3-5-11(2)18(10)17-9-16-13-8-12(15)6-7-14(13)17/h6-11H,3-5,15H2,1-2H3. The van der Waals surface area contributed by atoms with Crippen LogP contribution in [0.1, 0.15) is 33.1 Å². The van der Waals surface area contributed by atoms with E-state index in [1.165, 1.54) is 19.3 Å². The van der Waals surface area contributed by atoms with E-state index in [2.05, 4.69) is 34.6 Å². The molecule has 2 atom stereocenters. The average molecular weight is 244 g/mol. The smallest absolute Gasteiger partial charge is 0.116 e. The first kappa shape index (κ1) is 11.4. The van der Waals surface area contributed by atoms with Gasteiger partial charge in [0.25, 0.3) is 0 Å². The number of nitrogen functional groups attached to an aromatic ring is 1. The molecule has 1 aliphatic rings. The summed E-state index contributed by atoms with van der Waals surface area (Å²) in [6, 6.07) is 7.06. The highest BCUT2D eigenvalue weighted by Crippen LogP contribution is 2.24. The second kappa shape index (κ2) is 4.19. The first-order valence-electron chi connectivity index (χ1n) is 6.68. The minimum atomic E-state index is 0.559. The average Bonchev–Trinajstić information content (AvgIpc) is 2.72. The van der Waals surface area contributed by atoms with Gasteiger partial charge in [-0.25, -0.2) is 9.66 Å². The van der Waals surface area contributed by atoms with Crippen molar-refractivity contribution in [3.63, 3.8) is 0 Å². The number of fused-ring (bicyclic) bond motifs is 1. The summed E-state index contributed by atoms with van der Waals surface area (Å²) in [5, 5.41) is 2.44. The minimum absolute atomic E-state index is 0.559. The maximum Gasteiger partial charge on any atom is 0.116 e. The van der Waals surface area contributed by atoms with E-state index in [1.54, 1.807) is 0 Å². The van der Waals surface area contributed by atoms with Crippen LogP contribution in [0.5, 0.6) is 0 Å². The number of rotatable bonds is 1. The van der Waals surface area contributed by atoms with Gasteiger partial charge in [0.1, 0.15) is 6.33 Å². The third-order valence-corrected chi connectivity index (χ3v) is 3.95. The van der Waals surface area contributed by atoms with Crippen LogP contribution in [0.4, 0.5) is 5.69 Å². The zero-order chi connectivity index (χ0) is 12.7. The molecule has 3 rings (SSSR count). The van der Waals surface area contributed by atoms with Gasteiger partial charge in [0, 0.05) is 17.8 Å². The summed E-state index contributed by atoms with van der Waals surface area (Å²) in [6.45, 7) is 4.58. The van der Waals surface area contributed by atoms with Gasteiger partial charge in [-0.1, -0.05) is 0 Å². The SMILES string of the molecule is CC1CCCC(C)N1n1cnc2cc(N)ccc21. The molecule has 1 fully saturated rings. The summed E-state index contributed by atoms with van der Waals surface area (Å²) in [6.07, 6.45) is 5.73. The normalized spacial score (nSPS) is 24.7. The van der Waals surface area contributed by atoms with Gasteiger partial charge >= 0.3 is 0 Å². The monoisotopic (exact) mass is 244 g/mol. The fraction of sp³-hybridized carbons (Fsp3) is 0.500. The predicted molar refractivity (Wildman–Crippen MR) is 75.1 cm³/mol. The molecule has 4 heteroatoms. The lowest BCUT2D eigenvalue weighted by atomic mass is 10.00. The summed E-state index contributed by atoms with van der Waals surface area (Å²) < 4.78 is 2.20. The number of anilines is 1. The molecule has 4 nitrogen and oxygen atoms in total. The summed E-state index contributed by atoms with van der Waals surface area (Å²) in [7, 11) is 0. The third kappa shape index (κ3) is 1.72. The molecule has 18 heavy (non-hydrogen) atoms. The van der Waals surface area contributed by atoms with E-state index in [0.29, 0.717) is 12.1 Å². The Morgan fingerprint density at radius 1 is 1.22 bits per heavy atom. The molecular weight excluding hydrogens is 224 g/mol. The Morgan fingerprint density at radius 2 is 1.94 bits per heavy atom. The number of piperidine rings is 1. The van der Waals surface area contributed by atoms with Crippen molar-refractivity contribution in [1.82, 2.24) is 9.66 Å². The number of aromatic nitrogens is 2. The molecule has 0 saturated carbocycles. The van der Waals surface area contributed by atoms with Crippen molar-refractivity contribution in [1.29, 1.82) is 0 Å². The molecule has 96 valence electrons. The first-order valence-corrected chi connectivity index (χ1v) is 6.68. The number of imidazole rings is 1. The van der Waals surface area contributed by atoms with E-state index in [1.807, 2.05) is 18.5 Å². The van der Waals surface area contributed by atoms with Crippen molar-refractivity contribution in [3.8, 4) is 0 Å². The highest BCUT2D eigenvalue weighted by Gasteiger charge is 2.25. The number of nitrogens with two attached hydrogens (primary N) is 1. The highest BCUT2D eigenvalue weighted by molar-refractivity contribution is 5.79. The maximum absolute atomic E-state index is 5.80. The molecule has 1 aliphatic heterocycles. The van der Waals surface area contributed by atoms with Gasteiger partial charge < -0.3 is 10.7 Å². The minimum Gasteiger partial charge on any atom is -0.399 e. The Hall–Kier alpha value is -1.71. The molecule has 2 aromatic rings. The van der Waals surface area contributed by atoms with Crippen LogP contribution in [0.3, 0.4) is 0 Å². The van der Waals surface area contributed by atoms with Gasteiger partial charge in [-0.3, -0.25) is 0 Å². The Kier molecular flexibility index (Phi) is 2.65. The van der Waals surface area contributed by atoms with Crippen LogP contribution < -0.4 is 10.7 Å². The quantitative estimate of drug-likeness (QED) is 0.784. The predicted octanol–water partition coefficient (Wildman–Crippen LogP) is 2.52. The van der Waals surface area contributed by atoms with Crippen molar-refractivity contribution in [2.45, 2.75) is 45.2 Å². The van der Waals surface area contributed by atoms with Gasteiger partial charge in [0.05, 0.1) is 11.0 Å². The number of nitrogens with zero attached hydrogens (tertiary/aromatic N) is 3. The molecule has 0 amide bonds. The topological polar surface area (TPSA) is 47.1 Å². The van der Waals surface area contributed by atoms with Crippen molar-refractivity contribution in [3.05, 3.63) is 24.5 Å². The van der Waals surface area contributed by atoms with Crippen LogP contribution in [-0.4, -0.2) is 21.7 Å². The molecule has 0 aliphatic carbocycles. The van der Waals surface area contributed by atoms with E-state index >= 15 is 0 Å². The van der Waals surface area contributed by atoms with Gasteiger partial charge in [-0.15, -0.1) is 0 Å². The van der Waals surface area contributed by atoms with Gasteiger partial charge in [-0.2, -0.15) is 0 Å². The zero-order valence-corrected chi connectivity index (χ0v) is 11.0. The van der Waals surface area contributed by atoms with Crippen molar-refractivity contribution >= 4 is 16.7 Å². The molecule has 0 bridgehead atoms. The largest absolute Gasteiger partial charge is 0.399 e. The molecule has 2 unspecified atom stereocenters. The van der Waals surface area contributed by atoms with Crippen LogP contribution >= 0.6 is 0 Å². The number of hydrogen-bond donors (Lipinski definition) is 1. The Labute approximate surface area is 107 Å². The lowest BCUT2D eigenvalue weighted by Gasteiger charge is -2.41. The van der Waals surface area contributed by atoms with Gasteiger partial charge in [-0.05, 0) is 51.3 Å². The van der Waals surface area contributed by atoms with E-state index in [0.717, 1.165) is 16.7 Å². The summed E-state index contributed by atoms with van der Waals surface area (Å²) in [5.74, 6) is 0. The Balaban J connectivity index is 2.07. The van der Waals surface area contributed by atoms with Crippen molar-refractivity contribution in [2.75, 3.05) is 10.7 Å². The molecule has 0 radical (unpaired) electrons. The summed E-state index contributed by atoms with van der Waals surface area (Å²) in [5.41, 5.74) is 8.69. The molecule has 1 saturated heterocycles. The molecule has 2 N–H and O–H groups in total. The Morgan fingerprint density at radius 3 is 2.67 bits per heavy atom. The van der Waals surface area contributed by atoms with Crippen molar-refractivity contribution < 1.29 is 0 Å². The van der Waals surface area contributed by atoms with Crippen LogP contribution in [0, 0.1) is 0 Å². The van der Waals surface area contributed by atoms with E-state index in [9.17, 15) is 0 Å². The highest BCUT2D eigenvalue weighted by atomic mass is 15.6. The van der Waals surface area contributed by atoms with Gasteiger partial charge in [0.2, 0.25) is 0 Å².